The van der Waals surface area contributed by atoms with Crippen LogP contribution in [0.3, 0.4) is 0 Å². The molecule has 0 aliphatic carbocycles. The van der Waals surface area contributed by atoms with Gasteiger partial charge < -0.3 is 11.1 Å². The van der Waals surface area contributed by atoms with Crippen molar-refractivity contribution >= 4 is 23.3 Å². The van der Waals surface area contributed by atoms with Gasteiger partial charge in [0.15, 0.2) is 0 Å². The highest BCUT2D eigenvalue weighted by atomic mass is 35.5. The average molecular weight is 271 g/mol. The largest absolute Gasteiger partial charge is 0.370 e. The molecule has 0 saturated heterocycles. The number of halogens is 1. The number of pyridine rings is 1. The molecular weight excluding hydrogens is 252 g/mol. The summed E-state index contributed by atoms with van der Waals surface area (Å²) in [5.74, 6) is 0.428. The molecule has 0 spiro atoms. The summed E-state index contributed by atoms with van der Waals surface area (Å²) in [6.07, 6.45) is 1.03. The van der Waals surface area contributed by atoms with E-state index in [9.17, 15) is 4.79 Å². The number of nitrogens with zero attached hydrogens (tertiary/aromatic N) is 2. The van der Waals surface area contributed by atoms with Gasteiger partial charge in [0.25, 0.3) is 0 Å². The molecule has 0 atom stereocenters. The van der Waals surface area contributed by atoms with Crippen LogP contribution in [0.1, 0.15) is 19.0 Å². The quantitative estimate of drug-likeness (QED) is 0.787. The Bertz CT molecular complexity index is 411. The first kappa shape index (κ1) is 14.7. The van der Waals surface area contributed by atoms with Crippen LogP contribution in [0.25, 0.3) is 0 Å². The normalized spacial score (nSPS) is 10.7. The molecule has 1 aromatic rings. The second-order valence-electron chi connectivity index (χ2n) is 4.19. The Morgan fingerprint density at radius 1 is 1.56 bits per heavy atom. The molecule has 6 heteroatoms. The van der Waals surface area contributed by atoms with E-state index in [4.69, 9.17) is 17.3 Å². The fraction of sp³-hybridized carbons (Fsp3) is 0.500. The molecule has 1 heterocycles. The molecule has 0 saturated carbocycles. The van der Waals surface area contributed by atoms with Crippen LogP contribution in [0.2, 0.25) is 5.02 Å². The third-order valence-electron chi connectivity index (χ3n) is 2.32. The Morgan fingerprint density at radius 2 is 2.28 bits per heavy atom. The zero-order valence-corrected chi connectivity index (χ0v) is 11.5. The first-order valence-electron chi connectivity index (χ1n) is 5.89. The number of carbonyl (C=O) groups excluding carboxylic acids is 1. The number of nitrogens with two attached hydrogens (primary N) is 1. The van der Waals surface area contributed by atoms with E-state index >= 15 is 0 Å². The lowest BCUT2D eigenvalue weighted by atomic mass is 10.3. The molecule has 100 valence electrons. The van der Waals surface area contributed by atoms with Crippen molar-refractivity contribution in [1.29, 1.82) is 0 Å². The van der Waals surface area contributed by atoms with Crippen molar-refractivity contribution in [2.75, 3.05) is 25.5 Å². The number of hydrogen-bond acceptors (Lipinski definition) is 4. The van der Waals surface area contributed by atoms with E-state index in [2.05, 4.69) is 17.2 Å². The maximum atomic E-state index is 10.8. The molecule has 3 N–H and O–H groups in total. The van der Waals surface area contributed by atoms with E-state index < -0.39 is 0 Å². The minimum Gasteiger partial charge on any atom is -0.370 e. The van der Waals surface area contributed by atoms with Crippen LogP contribution >= 0.6 is 11.6 Å². The fourth-order valence-electron chi connectivity index (χ4n) is 1.52. The zero-order chi connectivity index (χ0) is 13.5. The van der Waals surface area contributed by atoms with Crippen LogP contribution in [-0.4, -0.2) is 35.9 Å². The van der Waals surface area contributed by atoms with E-state index in [1.807, 2.05) is 6.07 Å². The molecule has 0 aromatic carbocycles. The van der Waals surface area contributed by atoms with E-state index in [-0.39, 0.29) is 12.5 Å². The fourth-order valence-corrected chi connectivity index (χ4v) is 1.69. The minimum absolute atomic E-state index is 0.185. The molecule has 0 fully saturated rings. The molecule has 1 amide bonds. The van der Waals surface area contributed by atoms with Gasteiger partial charge in [-0.2, -0.15) is 0 Å². The Hall–Kier alpha value is -1.33. The number of likely N-dealkylation sites (N-methyl/N-ethyl adjacent to an activating group) is 1. The summed E-state index contributed by atoms with van der Waals surface area (Å²) in [6.45, 7) is 3.63. The smallest absolute Gasteiger partial charge is 0.231 e. The Balaban J connectivity index is 2.71. The maximum Gasteiger partial charge on any atom is 0.231 e. The van der Waals surface area contributed by atoms with Crippen molar-refractivity contribution < 1.29 is 4.79 Å². The van der Waals surface area contributed by atoms with Crippen molar-refractivity contribution in [3.8, 4) is 0 Å². The molecule has 0 unspecified atom stereocenters. The molecule has 0 radical (unpaired) electrons. The monoisotopic (exact) mass is 270 g/mol. The lowest BCUT2D eigenvalue weighted by Crippen LogP contribution is -2.30. The highest BCUT2D eigenvalue weighted by molar-refractivity contribution is 6.31. The van der Waals surface area contributed by atoms with Crippen LogP contribution in [0.5, 0.6) is 0 Å². The molecule has 1 rings (SSSR count). The Kier molecular flexibility index (Phi) is 5.88. The lowest BCUT2D eigenvalue weighted by Gasteiger charge is -2.15. The Labute approximate surface area is 112 Å². The van der Waals surface area contributed by atoms with E-state index in [1.165, 1.54) is 0 Å². The van der Waals surface area contributed by atoms with Gasteiger partial charge in [-0.15, -0.1) is 0 Å². The molecule has 0 aliphatic rings. The number of rotatable bonds is 7. The summed E-state index contributed by atoms with van der Waals surface area (Å²) in [5, 5.41) is 3.79. The number of aromatic nitrogens is 1. The van der Waals surface area contributed by atoms with Gasteiger partial charge in [0, 0.05) is 13.1 Å². The van der Waals surface area contributed by atoms with Gasteiger partial charge in [0.05, 0.1) is 17.3 Å². The maximum absolute atomic E-state index is 10.8. The van der Waals surface area contributed by atoms with Crippen LogP contribution < -0.4 is 11.1 Å². The number of anilines is 1. The Morgan fingerprint density at radius 3 is 2.89 bits per heavy atom. The van der Waals surface area contributed by atoms with Crippen LogP contribution in [-0.2, 0) is 11.3 Å². The molecule has 0 bridgehead atoms. The van der Waals surface area contributed by atoms with Gasteiger partial charge in [-0.1, -0.05) is 18.5 Å². The standard InChI is InChI=1S/C12H19ClN4O/c1-3-6-15-12-5-4-9(13)10(16-12)7-17(2)8-11(14)18/h4-5H,3,6-8H2,1-2H3,(H2,14,18)(H,15,16). The topological polar surface area (TPSA) is 71.2 Å². The third-order valence-corrected chi connectivity index (χ3v) is 2.66. The first-order chi connectivity index (χ1) is 8.52. The van der Waals surface area contributed by atoms with Gasteiger partial charge in [-0.3, -0.25) is 9.69 Å². The van der Waals surface area contributed by atoms with Crippen LogP contribution in [0.15, 0.2) is 12.1 Å². The summed E-state index contributed by atoms with van der Waals surface area (Å²) >= 11 is 6.08. The minimum atomic E-state index is -0.367. The van der Waals surface area contributed by atoms with Gasteiger partial charge in [-0.05, 0) is 25.6 Å². The van der Waals surface area contributed by atoms with Crippen molar-refractivity contribution in [2.45, 2.75) is 19.9 Å². The second kappa shape index (κ2) is 7.18. The number of nitrogens with one attached hydrogen (secondary N) is 1. The van der Waals surface area contributed by atoms with Gasteiger partial charge >= 0.3 is 0 Å². The summed E-state index contributed by atoms with van der Waals surface area (Å²) in [7, 11) is 1.80. The average Bonchev–Trinajstić information content (AvgIpc) is 2.29. The van der Waals surface area contributed by atoms with E-state index in [1.54, 1.807) is 18.0 Å². The third kappa shape index (κ3) is 4.89. The second-order valence-corrected chi connectivity index (χ2v) is 4.60. The summed E-state index contributed by atoms with van der Waals surface area (Å²) in [5.41, 5.74) is 5.87. The highest BCUT2D eigenvalue weighted by Crippen LogP contribution is 2.18. The SMILES string of the molecule is CCCNc1ccc(Cl)c(CN(C)CC(N)=O)n1. The molecular formula is C12H19ClN4O. The van der Waals surface area contributed by atoms with Crippen molar-refractivity contribution in [2.24, 2.45) is 5.73 Å². The van der Waals surface area contributed by atoms with Gasteiger partial charge in [0.2, 0.25) is 5.91 Å². The number of primary amides is 1. The van der Waals surface area contributed by atoms with Crippen LogP contribution in [0.4, 0.5) is 5.82 Å². The molecule has 1 aromatic heterocycles. The molecule has 5 nitrogen and oxygen atoms in total. The predicted octanol–water partition coefficient (Wildman–Crippen LogP) is 1.47. The highest BCUT2D eigenvalue weighted by Gasteiger charge is 2.09. The van der Waals surface area contributed by atoms with E-state index in [0.717, 1.165) is 24.5 Å². The number of carbonyl (C=O) groups is 1. The lowest BCUT2D eigenvalue weighted by molar-refractivity contribution is -0.118. The first-order valence-corrected chi connectivity index (χ1v) is 6.27. The summed E-state index contributed by atoms with van der Waals surface area (Å²) in [4.78, 5) is 17.0. The summed E-state index contributed by atoms with van der Waals surface area (Å²) < 4.78 is 0. The van der Waals surface area contributed by atoms with Gasteiger partial charge in [0.1, 0.15) is 5.82 Å². The van der Waals surface area contributed by atoms with Crippen molar-refractivity contribution in [3.63, 3.8) is 0 Å². The summed E-state index contributed by atoms with van der Waals surface area (Å²) in [6, 6.07) is 3.65. The van der Waals surface area contributed by atoms with Gasteiger partial charge in [-0.25, -0.2) is 4.98 Å². The number of amides is 1. The zero-order valence-electron chi connectivity index (χ0n) is 10.7. The molecule has 18 heavy (non-hydrogen) atoms. The van der Waals surface area contributed by atoms with Crippen molar-refractivity contribution in [3.05, 3.63) is 22.8 Å². The van der Waals surface area contributed by atoms with E-state index in [0.29, 0.717) is 11.6 Å². The molecule has 0 aliphatic heterocycles. The van der Waals surface area contributed by atoms with Crippen LogP contribution in [0, 0.1) is 0 Å². The number of hydrogen-bond donors (Lipinski definition) is 2. The van der Waals surface area contributed by atoms with Crippen molar-refractivity contribution in [1.82, 2.24) is 9.88 Å². The predicted molar refractivity (Wildman–Crippen MR) is 73.6 cm³/mol.